The Morgan fingerprint density at radius 1 is 1.44 bits per heavy atom. The Morgan fingerprint density at radius 3 is 2.83 bits per heavy atom. The normalized spacial score (nSPS) is 24.1. The standard InChI is InChI=1S/C14H24N4/c1-11-12(8-16-17(11)2)9-18(14-5-6-14)10-13-4-3-7-15-13/h8,13-15H,3-7,9-10H2,1-2H3. The first-order valence-corrected chi connectivity index (χ1v) is 7.19. The minimum absolute atomic E-state index is 0.711. The fraction of sp³-hybridized carbons (Fsp3) is 0.786. The molecule has 0 amide bonds. The highest BCUT2D eigenvalue weighted by atomic mass is 15.3. The second-order valence-corrected chi connectivity index (χ2v) is 5.83. The molecule has 3 rings (SSSR count). The Bertz CT molecular complexity index is 402. The maximum absolute atomic E-state index is 4.36. The van der Waals surface area contributed by atoms with Crippen molar-refractivity contribution in [2.24, 2.45) is 7.05 Å². The predicted octanol–water partition coefficient (Wildman–Crippen LogP) is 1.44. The molecule has 1 aromatic heterocycles. The topological polar surface area (TPSA) is 33.1 Å². The molecular weight excluding hydrogens is 224 g/mol. The summed E-state index contributed by atoms with van der Waals surface area (Å²) in [7, 11) is 2.03. The molecule has 18 heavy (non-hydrogen) atoms. The van der Waals surface area contributed by atoms with Gasteiger partial charge in [0, 0.05) is 43.5 Å². The third kappa shape index (κ3) is 2.59. The van der Waals surface area contributed by atoms with Crippen molar-refractivity contribution < 1.29 is 0 Å². The molecule has 1 N–H and O–H groups in total. The molecular formula is C14H24N4. The first-order chi connectivity index (χ1) is 8.74. The van der Waals surface area contributed by atoms with Gasteiger partial charge in [-0.25, -0.2) is 0 Å². The highest BCUT2D eigenvalue weighted by molar-refractivity contribution is 5.16. The fourth-order valence-electron chi connectivity index (χ4n) is 2.90. The van der Waals surface area contributed by atoms with Crippen LogP contribution < -0.4 is 5.32 Å². The number of nitrogens with zero attached hydrogens (tertiary/aromatic N) is 3. The van der Waals surface area contributed by atoms with Gasteiger partial charge in [-0.3, -0.25) is 9.58 Å². The molecule has 2 heterocycles. The molecule has 0 aromatic carbocycles. The SMILES string of the molecule is Cc1c(CN(CC2CCCN2)C2CC2)cnn1C. The second kappa shape index (κ2) is 5.02. The van der Waals surface area contributed by atoms with Gasteiger partial charge in [-0.15, -0.1) is 0 Å². The summed E-state index contributed by atoms with van der Waals surface area (Å²) in [5, 5.41) is 7.97. The monoisotopic (exact) mass is 248 g/mol. The Hall–Kier alpha value is -0.870. The molecule has 2 aliphatic rings. The van der Waals surface area contributed by atoms with E-state index in [1.807, 2.05) is 17.9 Å². The van der Waals surface area contributed by atoms with Gasteiger partial charge >= 0.3 is 0 Å². The maximum atomic E-state index is 4.36. The van der Waals surface area contributed by atoms with Gasteiger partial charge in [0.2, 0.25) is 0 Å². The average Bonchev–Trinajstić information content (AvgIpc) is 3.01. The van der Waals surface area contributed by atoms with E-state index in [9.17, 15) is 0 Å². The zero-order chi connectivity index (χ0) is 12.5. The zero-order valence-electron chi connectivity index (χ0n) is 11.5. The quantitative estimate of drug-likeness (QED) is 0.856. The molecule has 0 spiro atoms. The van der Waals surface area contributed by atoms with Crippen molar-refractivity contribution in [2.45, 2.75) is 51.2 Å². The number of aromatic nitrogens is 2. The van der Waals surface area contributed by atoms with Gasteiger partial charge in [-0.2, -0.15) is 5.10 Å². The third-order valence-corrected chi connectivity index (χ3v) is 4.39. The van der Waals surface area contributed by atoms with Crippen LogP contribution in [-0.4, -0.2) is 39.9 Å². The lowest BCUT2D eigenvalue weighted by atomic mass is 10.2. The van der Waals surface area contributed by atoms with Gasteiger partial charge in [-0.1, -0.05) is 0 Å². The predicted molar refractivity (Wildman–Crippen MR) is 72.4 cm³/mol. The molecule has 1 aromatic rings. The van der Waals surface area contributed by atoms with E-state index in [1.54, 1.807) is 0 Å². The summed E-state index contributed by atoms with van der Waals surface area (Å²) in [5.41, 5.74) is 2.70. The highest BCUT2D eigenvalue weighted by Gasteiger charge is 2.31. The molecule has 1 saturated carbocycles. The second-order valence-electron chi connectivity index (χ2n) is 5.83. The van der Waals surface area contributed by atoms with Crippen LogP contribution >= 0.6 is 0 Å². The van der Waals surface area contributed by atoms with Crippen molar-refractivity contribution in [2.75, 3.05) is 13.1 Å². The minimum atomic E-state index is 0.711. The van der Waals surface area contributed by atoms with E-state index in [-0.39, 0.29) is 0 Å². The molecule has 4 nitrogen and oxygen atoms in total. The summed E-state index contributed by atoms with van der Waals surface area (Å²) < 4.78 is 1.98. The third-order valence-electron chi connectivity index (χ3n) is 4.39. The lowest BCUT2D eigenvalue weighted by Gasteiger charge is -2.25. The molecule has 1 unspecified atom stereocenters. The molecule has 0 bridgehead atoms. The summed E-state index contributed by atoms with van der Waals surface area (Å²) in [6, 6.07) is 1.54. The first-order valence-electron chi connectivity index (χ1n) is 7.19. The van der Waals surface area contributed by atoms with Crippen molar-refractivity contribution in [3.63, 3.8) is 0 Å². The summed E-state index contributed by atoms with van der Waals surface area (Å²) in [6.45, 7) is 5.65. The van der Waals surface area contributed by atoms with Crippen LogP contribution in [0.5, 0.6) is 0 Å². The minimum Gasteiger partial charge on any atom is -0.313 e. The molecule has 1 aliphatic carbocycles. The van der Waals surface area contributed by atoms with Gasteiger partial charge in [-0.05, 0) is 39.2 Å². The highest BCUT2D eigenvalue weighted by Crippen LogP contribution is 2.29. The van der Waals surface area contributed by atoms with Crippen molar-refractivity contribution in [1.82, 2.24) is 20.0 Å². The largest absolute Gasteiger partial charge is 0.313 e. The molecule has 0 radical (unpaired) electrons. The Morgan fingerprint density at radius 2 is 2.28 bits per heavy atom. The van der Waals surface area contributed by atoms with Crippen LogP contribution in [0.1, 0.15) is 36.9 Å². The van der Waals surface area contributed by atoms with Gasteiger partial charge in [0.15, 0.2) is 0 Å². The molecule has 2 fully saturated rings. The van der Waals surface area contributed by atoms with E-state index in [0.717, 1.165) is 12.6 Å². The van der Waals surface area contributed by atoms with Crippen molar-refractivity contribution in [3.05, 3.63) is 17.5 Å². The summed E-state index contributed by atoms with van der Waals surface area (Å²) in [6.07, 6.45) is 7.48. The van der Waals surface area contributed by atoms with Crippen molar-refractivity contribution in [3.8, 4) is 0 Å². The van der Waals surface area contributed by atoms with Crippen LogP contribution in [0.25, 0.3) is 0 Å². The van der Waals surface area contributed by atoms with Crippen molar-refractivity contribution in [1.29, 1.82) is 0 Å². The lowest BCUT2D eigenvalue weighted by Crippen LogP contribution is -2.38. The van der Waals surface area contributed by atoms with Crippen LogP contribution in [0.4, 0.5) is 0 Å². The van der Waals surface area contributed by atoms with Crippen LogP contribution in [0.2, 0.25) is 0 Å². The zero-order valence-corrected chi connectivity index (χ0v) is 11.5. The van der Waals surface area contributed by atoms with Gasteiger partial charge in [0.05, 0.1) is 6.20 Å². The van der Waals surface area contributed by atoms with E-state index in [1.165, 1.54) is 50.0 Å². The Labute approximate surface area is 109 Å². The van der Waals surface area contributed by atoms with E-state index >= 15 is 0 Å². The van der Waals surface area contributed by atoms with E-state index in [0.29, 0.717) is 6.04 Å². The number of aryl methyl sites for hydroxylation is 1. The summed E-state index contributed by atoms with van der Waals surface area (Å²) in [5.74, 6) is 0. The summed E-state index contributed by atoms with van der Waals surface area (Å²) >= 11 is 0. The van der Waals surface area contributed by atoms with E-state index in [2.05, 4.69) is 22.2 Å². The average molecular weight is 248 g/mol. The van der Waals surface area contributed by atoms with Gasteiger partial charge in [0.1, 0.15) is 0 Å². The number of nitrogens with one attached hydrogen (secondary N) is 1. The van der Waals surface area contributed by atoms with Gasteiger partial charge < -0.3 is 5.32 Å². The fourth-order valence-corrected chi connectivity index (χ4v) is 2.90. The maximum Gasteiger partial charge on any atom is 0.0537 e. The molecule has 1 atom stereocenters. The number of rotatable bonds is 5. The Kier molecular flexibility index (Phi) is 3.39. The number of hydrogen-bond acceptors (Lipinski definition) is 3. The van der Waals surface area contributed by atoms with Gasteiger partial charge in [0.25, 0.3) is 0 Å². The van der Waals surface area contributed by atoms with Crippen molar-refractivity contribution >= 4 is 0 Å². The first kappa shape index (κ1) is 12.2. The number of hydrogen-bond donors (Lipinski definition) is 1. The Balaban J connectivity index is 1.64. The van der Waals surface area contributed by atoms with Crippen LogP contribution in [-0.2, 0) is 13.6 Å². The smallest absolute Gasteiger partial charge is 0.0537 e. The molecule has 100 valence electrons. The van der Waals surface area contributed by atoms with E-state index in [4.69, 9.17) is 0 Å². The lowest BCUT2D eigenvalue weighted by molar-refractivity contribution is 0.230. The molecule has 1 aliphatic heterocycles. The molecule has 1 saturated heterocycles. The van der Waals surface area contributed by atoms with Crippen LogP contribution in [0.3, 0.4) is 0 Å². The van der Waals surface area contributed by atoms with E-state index < -0.39 is 0 Å². The van der Waals surface area contributed by atoms with Crippen LogP contribution in [0.15, 0.2) is 6.20 Å². The van der Waals surface area contributed by atoms with Crippen LogP contribution in [0, 0.1) is 6.92 Å². The molecule has 4 heteroatoms. The summed E-state index contributed by atoms with van der Waals surface area (Å²) in [4.78, 5) is 2.66.